The van der Waals surface area contributed by atoms with Crippen LogP contribution in [0, 0.1) is 0 Å². The number of carbonyl (C=O) groups is 2. The maximum Gasteiger partial charge on any atom is 0.222 e. The molecule has 2 atom stereocenters. The van der Waals surface area contributed by atoms with Crippen LogP contribution in [0.2, 0.25) is 0 Å². The molecule has 0 aliphatic carbocycles. The number of hydrogen-bond donors (Lipinski definition) is 2. The maximum absolute atomic E-state index is 10.5. The van der Waals surface area contributed by atoms with Crippen LogP contribution in [0.4, 0.5) is 0 Å². The summed E-state index contributed by atoms with van der Waals surface area (Å²) >= 11 is 0. The van der Waals surface area contributed by atoms with E-state index in [2.05, 4.69) is 14.5 Å². The van der Waals surface area contributed by atoms with E-state index in [9.17, 15) is 9.59 Å². The van der Waals surface area contributed by atoms with Crippen LogP contribution in [-0.4, -0.2) is 18.2 Å². The lowest BCUT2D eigenvalue weighted by Crippen LogP contribution is -2.24. The van der Waals surface area contributed by atoms with E-state index in [1.165, 1.54) is 0 Å². The molecule has 0 aromatic rings. The molecule has 0 spiro atoms. The predicted octanol–water partition coefficient (Wildman–Crippen LogP) is -0.801. The standard InChI is InChI=1S/C5H11N2O2P/c6-4(3-8)1-2-5(9)7-10/h3-4H,1-2,6,10H2,(H,7,9). The minimum atomic E-state index is -0.512. The fourth-order valence-corrected chi connectivity index (χ4v) is 0.582. The zero-order valence-corrected chi connectivity index (χ0v) is 6.69. The quantitative estimate of drug-likeness (QED) is 0.420. The molecule has 10 heavy (non-hydrogen) atoms. The van der Waals surface area contributed by atoms with Crippen molar-refractivity contribution in [3.8, 4) is 0 Å². The predicted molar refractivity (Wildman–Crippen MR) is 41.1 cm³/mol. The van der Waals surface area contributed by atoms with Gasteiger partial charge in [0, 0.05) is 6.42 Å². The van der Waals surface area contributed by atoms with Crippen molar-refractivity contribution >= 4 is 21.6 Å². The topological polar surface area (TPSA) is 72.2 Å². The molecule has 5 heteroatoms. The lowest BCUT2D eigenvalue weighted by molar-refractivity contribution is -0.119. The SMILES string of the molecule is NC(C=O)CCC(=O)NP. The van der Waals surface area contributed by atoms with Gasteiger partial charge in [-0.1, -0.05) is 0 Å². The molecule has 3 N–H and O–H groups in total. The second-order valence-electron chi connectivity index (χ2n) is 1.91. The second-order valence-corrected chi connectivity index (χ2v) is 2.19. The molecule has 2 unspecified atom stereocenters. The first-order valence-electron chi connectivity index (χ1n) is 2.91. The first-order valence-corrected chi connectivity index (χ1v) is 3.48. The van der Waals surface area contributed by atoms with Gasteiger partial charge in [-0.3, -0.25) is 4.79 Å². The smallest absolute Gasteiger partial charge is 0.222 e. The number of aldehydes is 1. The normalized spacial score (nSPS) is 12.2. The Labute approximate surface area is 61.8 Å². The van der Waals surface area contributed by atoms with Gasteiger partial charge < -0.3 is 15.6 Å². The Morgan fingerprint density at radius 1 is 1.80 bits per heavy atom. The van der Waals surface area contributed by atoms with Gasteiger partial charge in [-0.25, -0.2) is 0 Å². The highest BCUT2D eigenvalue weighted by atomic mass is 31.0. The Morgan fingerprint density at radius 2 is 2.40 bits per heavy atom. The van der Waals surface area contributed by atoms with Gasteiger partial charge in [-0.05, 0) is 15.8 Å². The molecule has 0 saturated carbocycles. The van der Waals surface area contributed by atoms with Crippen LogP contribution in [0.3, 0.4) is 0 Å². The van der Waals surface area contributed by atoms with Crippen molar-refractivity contribution in [1.29, 1.82) is 0 Å². The van der Waals surface area contributed by atoms with Crippen LogP contribution in [0.25, 0.3) is 0 Å². The van der Waals surface area contributed by atoms with Crippen molar-refractivity contribution in [3.05, 3.63) is 0 Å². The summed E-state index contributed by atoms with van der Waals surface area (Å²) in [7, 11) is 2.09. The molecule has 0 rings (SSSR count). The van der Waals surface area contributed by atoms with E-state index in [0.717, 1.165) is 0 Å². The molecule has 0 aromatic heterocycles. The monoisotopic (exact) mass is 162 g/mol. The van der Waals surface area contributed by atoms with E-state index >= 15 is 0 Å². The number of hydrogen-bond acceptors (Lipinski definition) is 3. The molecule has 0 heterocycles. The summed E-state index contributed by atoms with van der Waals surface area (Å²) < 4.78 is 0. The van der Waals surface area contributed by atoms with Crippen molar-refractivity contribution in [2.24, 2.45) is 5.73 Å². The Morgan fingerprint density at radius 3 is 2.80 bits per heavy atom. The average Bonchev–Trinajstić information content (AvgIpc) is 1.99. The molecule has 58 valence electrons. The molecular formula is C5H11N2O2P. The second kappa shape index (κ2) is 5.33. The summed E-state index contributed by atoms with van der Waals surface area (Å²) in [6.45, 7) is 0. The molecule has 0 aromatic carbocycles. The molecular weight excluding hydrogens is 151 g/mol. The van der Waals surface area contributed by atoms with Crippen LogP contribution in [0.1, 0.15) is 12.8 Å². The van der Waals surface area contributed by atoms with Gasteiger partial charge in [0.1, 0.15) is 6.29 Å². The third kappa shape index (κ3) is 4.41. The van der Waals surface area contributed by atoms with Crippen molar-refractivity contribution in [2.45, 2.75) is 18.9 Å². The summed E-state index contributed by atoms with van der Waals surface area (Å²) in [6, 6.07) is -0.512. The zero-order valence-electron chi connectivity index (χ0n) is 5.54. The molecule has 0 bridgehead atoms. The molecule has 1 amide bonds. The number of amides is 1. The van der Waals surface area contributed by atoms with Crippen LogP contribution in [-0.2, 0) is 9.59 Å². The molecule has 0 fully saturated rings. The zero-order chi connectivity index (χ0) is 7.98. The summed E-state index contributed by atoms with van der Waals surface area (Å²) in [4.78, 5) is 20.5. The Hall–Kier alpha value is -0.470. The van der Waals surface area contributed by atoms with Crippen molar-refractivity contribution in [1.82, 2.24) is 5.09 Å². The van der Waals surface area contributed by atoms with E-state index in [0.29, 0.717) is 19.1 Å². The summed E-state index contributed by atoms with van der Waals surface area (Å²) in [6.07, 6.45) is 1.34. The first-order chi connectivity index (χ1) is 4.70. The summed E-state index contributed by atoms with van der Waals surface area (Å²) in [5.74, 6) is -0.123. The Bertz CT molecular complexity index is 129. The lowest BCUT2D eigenvalue weighted by atomic mass is 10.2. The summed E-state index contributed by atoms with van der Waals surface area (Å²) in [5, 5.41) is 2.35. The van der Waals surface area contributed by atoms with Gasteiger partial charge in [0.25, 0.3) is 0 Å². The summed E-state index contributed by atoms with van der Waals surface area (Å²) in [5.41, 5.74) is 5.22. The fourth-order valence-electron chi connectivity index (χ4n) is 0.438. The van der Waals surface area contributed by atoms with E-state index in [4.69, 9.17) is 5.73 Å². The van der Waals surface area contributed by atoms with Gasteiger partial charge in [0.15, 0.2) is 0 Å². The number of nitrogens with two attached hydrogens (primary N) is 1. The van der Waals surface area contributed by atoms with Crippen molar-refractivity contribution in [2.75, 3.05) is 0 Å². The Kier molecular flexibility index (Phi) is 5.08. The highest BCUT2D eigenvalue weighted by Crippen LogP contribution is 1.92. The van der Waals surface area contributed by atoms with Gasteiger partial charge in [-0.15, -0.1) is 0 Å². The lowest BCUT2D eigenvalue weighted by Gasteiger charge is -2.00. The fraction of sp³-hybridized carbons (Fsp3) is 0.600. The van der Waals surface area contributed by atoms with E-state index < -0.39 is 6.04 Å². The van der Waals surface area contributed by atoms with Crippen LogP contribution < -0.4 is 10.8 Å². The van der Waals surface area contributed by atoms with Crippen LogP contribution in [0.15, 0.2) is 0 Å². The van der Waals surface area contributed by atoms with Gasteiger partial charge in [0.2, 0.25) is 5.91 Å². The Balaban J connectivity index is 3.34. The van der Waals surface area contributed by atoms with E-state index in [-0.39, 0.29) is 5.91 Å². The third-order valence-electron chi connectivity index (χ3n) is 1.04. The number of rotatable bonds is 4. The first kappa shape index (κ1) is 9.53. The molecule has 4 nitrogen and oxygen atoms in total. The van der Waals surface area contributed by atoms with E-state index in [1.54, 1.807) is 0 Å². The van der Waals surface area contributed by atoms with Gasteiger partial charge >= 0.3 is 0 Å². The van der Waals surface area contributed by atoms with Crippen molar-refractivity contribution < 1.29 is 9.59 Å². The maximum atomic E-state index is 10.5. The third-order valence-corrected chi connectivity index (χ3v) is 1.36. The molecule has 0 aliphatic rings. The number of nitrogens with one attached hydrogen (secondary N) is 1. The number of carbonyl (C=O) groups excluding carboxylic acids is 2. The van der Waals surface area contributed by atoms with Gasteiger partial charge in [0.05, 0.1) is 6.04 Å². The van der Waals surface area contributed by atoms with Crippen LogP contribution >= 0.6 is 9.39 Å². The molecule has 0 radical (unpaired) electrons. The largest absolute Gasteiger partial charge is 0.341 e. The minimum Gasteiger partial charge on any atom is -0.341 e. The average molecular weight is 162 g/mol. The highest BCUT2D eigenvalue weighted by Gasteiger charge is 2.02. The molecule has 0 aliphatic heterocycles. The minimum absolute atomic E-state index is 0.123. The van der Waals surface area contributed by atoms with Gasteiger partial charge in [-0.2, -0.15) is 0 Å². The van der Waals surface area contributed by atoms with Crippen LogP contribution in [0.5, 0.6) is 0 Å². The van der Waals surface area contributed by atoms with Crippen molar-refractivity contribution in [3.63, 3.8) is 0 Å². The molecule has 0 saturated heterocycles. The highest BCUT2D eigenvalue weighted by molar-refractivity contribution is 7.15. The van der Waals surface area contributed by atoms with E-state index in [1.807, 2.05) is 0 Å².